The average molecular weight is 288 g/mol. The maximum atomic E-state index is 13.1. The van der Waals surface area contributed by atoms with E-state index in [0.29, 0.717) is 5.01 Å². The molecule has 1 heterocycles. The highest BCUT2D eigenvalue weighted by atomic mass is 19.4. The van der Waals surface area contributed by atoms with E-state index in [4.69, 9.17) is 0 Å². The first kappa shape index (κ1) is 14.3. The monoisotopic (exact) mass is 288 g/mol. The molecular formula is C12H11F3N2O3. The second-order valence-electron chi connectivity index (χ2n) is 4.18. The van der Waals surface area contributed by atoms with Crippen LogP contribution in [0, 0.1) is 0 Å². The maximum Gasteiger partial charge on any atom is 0.438 e. The van der Waals surface area contributed by atoms with Gasteiger partial charge in [-0.1, -0.05) is 18.2 Å². The van der Waals surface area contributed by atoms with E-state index in [-0.39, 0.29) is 5.69 Å². The number of esters is 1. The quantitative estimate of drug-likeness (QED) is 0.841. The Morgan fingerprint density at radius 2 is 2.00 bits per heavy atom. The molecule has 1 atom stereocenters. The van der Waals surface area contributed by atoms with Gasteiger partial charge in [-0.3, -0.25) is 0 Å². The van der Waals surface area contributed by atoms with Crippen molar-refractivity contribution < 1.29 is 27.8 Å². The first-order chi connectivity index (χ1) is 9.29. The summed E-state index contributed by atoms with van der Waals surface area (Å²) < 4.78 is 43.7. The van der Waals surface area contributed by atoms with E-state index >= 15 is 0 Å². The number of ether oxygens (including phenoxy) is 1. The molecule has 0 aliphatic carbocycles. The molecule has 0 saturated heterocycles. The minimum atomic E-state index is -4.98. The van der Waals surface area contributed by atoms with Crippen molar-refractivity contribution in [3.05, 3.63) is 30.3 Å². The molecule has 0 fully saturated rings. The van der Waals surface area contributed by atoms with Crippen LogP contribution >= 0.6 is 0 Å². The molecule has 0 spiro atoms. The second kappa shape index (κ2) is 4.78. The van der Waals surface area contributed by atoms with Crippen molar-refractivity contribution in [1.29, 1.82) is 0 Å². The molecule has 1 aliphatic rings. The number of anilines is 1. The summed E-state index contributed by atoms with van der Waals surface area (Å²) in [5, 5.41) is 13.9. The van der Waals surface area contributed by atoms with Gasteiger partial charge in [-0.25, -0.2) is 9.80 Å². The van der Waals surface area contributed by atoms with Gasteiger partial charge in [0.25, 0.3) is 5.72 Å². The van der Waals surface area contributed by atoms with E-state index in [1.54, 1.807) is 6.07 Å². The number of rotatable bonds is 2. The van der Waals surface area contributed by atoms with Crippen LogP contribution in [0.2, 0.25) is 0 Å². The Bertz CT molecular complexity index is 545. The number of nitrogens with zero attached hydrogens (tertiary/aromatic N) is 2. The Morgan fingerprint density at radius 1 is 1.40 bits per heavy atom. The molecule has 0 bridgehead atoms. The van der Waals surface area contributed by atoms with Crippen LogP contribution in [0.3, 0.4) is 0 Å². The van der Waals surface area contributed by atoms with Crippen LogP contribution in [-0.2, 0) is 9.53 Å². The predicted molar refractivity (Wildman–Crippen MR) is 64.0 cm³/mol. The minimum absolute atomic E-state index is 0.0197. The summed E-state index contributed by atoms with van der Waals surface area (Å²) in [6.45, 7) is 0. The number of alkyl halides is 3. The molecule has 108 valence electrons. The maximum absolute atomic E-state index is 13.1. The highest BCUT2D eigenvalue weighted by molar-refractivity contribution is 6.37. The molecular weight excluding hydrogens is 277 g/mol. The molecule has 1 aromatic rings. The number of halogens is 3. The molecule has 0 amide bonds. The molecule has 8 heteroatoms. The van der Waals surface area contributed by atoms with E-state index in [2.05, 4.69) is 9.84 Å². The number of methoxy groups -OCH3 is 1. The third-order valence-electron chi connectivity index (χ3n) is 2.86. The molecule has 0 aromatic heterocycles. The first-order valence-electron chi connectivity index (χ1n) is 5.60. The lowest BCUT2D eigenvalue weighted by Crippen LogP contribution is -2.55. The van der Waals surface area contributed by atoms with Crippen molar-refractivity contribution in [3.63, 3.8) is 0 Å². The van der Waals surface area contributed by atoms with Gasteiger partial charge in [0.2, 0.25) is 0 Å². The lowest BCUT2D eigenvalue weighted by atomic mass is 10.1. The standard InChI is InChI=1S/C12H11F3N2O3/c1-20-10(18)9-7-11(19,12(13,14)15)17(16-9)8-5-3-2-4-6-8/h2-6,19H,7H2,1H3. The van der Waals surface area contributed by atoms with Crippen molar-refractivity contribution in [2.75, 3.05) is 12.1 Å². The van der Waals surface area contributed by atoms with E-state index in [1.165, 1.54) is 24.3 Å². The number of carbonyl (C=O) groups excluding carboxylic acids is 1. The number of benzene rings is 1. The molecule has 0 radical (unpaired) electrons. The zero-order chi connectivity index (χ0) is 15.0. The van der Waals surface area contributed by atoms with Crippen LogP contribution in [0.1, 0.15) is 6.42 Å². The summed E-state index contributed by atoms with van der Waals surface area (Å²) in [4.78, 5) is 11.3. The van der Waals surface area contributed by atoms with E-state index in [9.17, 15) is 23.1 Å². The summed E-state index contributed by atoms with van der Waals surface area (Å²) in [5.74, 6) is -1.01. The number of hydrazone groups is 1. The van der Waals surface area contributed by atoms with E-state index < -0.39 is 30.0 Å². The SMILES string of the molecule is COC(=O)C1=NN(c2ccccc2)C(O)(C(F)(F)F)C1. The third-order valence-corrected chi connectivity index (χ3v) is 2.86. The molecule has 1 unspecified atom stereocenters. The fraction of sp³-hybridized carbons (Fsp3) is 0.333. The zero-order valence-electron chi connectivity index (χ0n) is 10.4. The van der Waals surface area contributed by atoms with Crippen molar-refractivity contribution in [2.45, 2.75) is 18.3 Å². The summed E-state index contributed by atoms with van der Waals surface area (Å²) in [7, 11) is 1.03. The lowest BCUT2D eigenvalue weighted by molar-refractivity contribution is -0.254. The number of hydrogen-bond acceptors (Lipinski definition) is 5. The van der Waals surface area contributed by atoms with Gasteiger partial charge in [0.1, 0.15) is 0 Å². The minimum Gasteiger partial charge on any atom is -0.464 e. The third kappa shape index (κ3) is 2.22. The molecule has 2 rings (SSSR count). The number of para-hydroxylation sites is 1. The van der Waals surface area contributed by atoms with E-state index in [0.717, 1.165) is 7.11 Å². The van der Waals surface area contributed by atoms with Gasteiger partial charge in [0, 0.05) is 0 Å². The van der Waals surface area contributed by atoms with Crippen molar-refractivity contribution in [2.24, 2.45) is 5.10 Å². The Labute approximate surface area is 112 Å². The van der Waals surface area contributed by atoms with Crippen LogP contribution in [0.25, 0.3) is 0 Å². The van der Waals surface area contributed by atoms with Crippen LogP contribution in [0.4, 0.5) is 18.9 Å². The van der Waals surface area contributed by atoms with Crippen molar-refractivity contribution >= 4 is 17.4 Å². The molecule has 5 nitrogen and oxygen atoms in total. The number of aliphatic hydroxyl groups is 1. The highest BCUT2D eigenvalue weighted by Crippen LogP contribution is 2.42. The van der Waals surface area contributed by atoms with Crippen molar-refractivity contribution in [3.8, 4) is 0 Å². The molecule has 0 saturated carbocycles. The Balaban J connectivity index is 2.47. The van der Waals surface area contributed by atoms with Crippen LogP contribution < -0.4 is 5.01 Å². The summed E-state index contributed by atoms with van der Waals surface area (Å²) in [5.41, 5.74) is -3.74. The fourth-order valence-electron chi connectivity index (χ4n) is 1.84. The van der Waals surface area contributed by atoms with Gasteiger partial charge in [-0.2, -0.15) is 18.3 Å². The van der Waals surface area contributed by atoms with Crippen LogP contribution in [0.5, 0.6) is 0 Å². The summed E-state index contributed by atoms with van der Waals surface area (Å²) >= 11 is 0. The van der Waals surface area contributed by atoms with Gasteiger partial charge in [-0.15, -0.1) is 0 Å². The van der Waals surface area contributed by atoms with Crippen LogP contribution in [-0.4, -0.2) is 35.8 Å². The van der Waals surface area contributed by atoms with Gasteiger partial charge in [0.15, 0.2) is 5.71 Å². The normalized spacial score (nSPS) is 22.6. The molecule has 20 heavy (non-hydrogen) atoms. The lowest BCUT2D eigenvalue weighted by Gasteiger charge is -2.33. The molecule has 1 aromatic carbocycles. The zero-order valence-corrected chi connectivity index (χ0v) is 10.4. The average Bonchev–Trinajstić information content (AvgIpc) is 2.78. The molecule has 1 aliphatic heterocycles. The topological polar surface area (TPSA) is 62.1 Å². The molecule has 1 N–H and O–H groups in total. The Morgan fingerprint density at radius 3 is 2.50 bits per heavy atom. The van der Waals surface area contributed by atoms with E-state index in [1.807, 2.05) is 0 Å². The van der Waals surface area contributed by atoms with Crippen LogP contribution in [0.15, 0.2) is 35.4 Å². The second-order valence-corrected chi connectivity index (χ2v) is 4.18. The number of carbonyl (C=O) groups is 1. The van der Waals surface area contributed by atoms with Gasteiger partial charge in [-0.05, 0) is 12.1 Å². The highest BCUT2D eigenvalue weighted by Gasteiger charge is 2.62. The first-order valence-corrected chi connectivity index (χ1v) is 5.60. The van der Waals surface area contributed by atoms with Gasteiger partial charge < -0.3 is 9.84 Å². The Hall–Kier alpha value is -2.09. The van der Waals surface area contributed by atoms with Gasteiger partial charge in [0.05, 0.1) is 19.2 Å². The Kier molecular flexibility index (Phi) is 3.43. The summed E-state index contributed by atoms with van der Waals surface area (Å²) in [6, 6.07) is 7.30. The number of hydrogen-bond donors (Lipinski definition) is 1. The fourth-order valence-corrected chi connectivity index (χ4v) is 1.84. The summed E-state index contributed by atoms with van der Waals surface area (Å²) in [6.07, 6.45) is -5.97. The largest absolute Gasteiger partial charge is 0.464 e. The van der Waals surface area contributed by atoms with Crippen molar-refractivity contribution in [1.82, 2.24) is 0 Å². The predicted octanol–water partition coefficient (Wildman–Crippen LogP) is 1.68. The van der Waals surface area contributed by atoms with Gasteiger partial charge >= 0.3 is 12.1 Å². The smallest absolute Gasteiger partial charge is 0.438 e.